The van der Waals surface area contributed by atoms with Gasteiger partial charge in [-0.2, -0.15) is 0 Å². The maximum atomic E-state index is 13.1. The number of hydrogen-bond acceptors (Lipinski definition) is 4. The zero-order valence-corrected chi connectivity index (χ0v) is 16.1. The molecule has 0 aliphatic carbocycles. The van der Waals surface area contributed by atoms with Gasteiger partial charge in [-0.15, -0.1) is 0 Å². The van der Waals surface area contributed by atoms with Crippen LogP contribution in [0.1, 0.15) is 33.1 Å². The summed E-state index contributed by atoms with van der Waals surface area (Å²) in [7, 11) is 0. The lowest BCUT2D eigenvalue weighted by molar-refractivity contribution is -0.119. The monoisotopic (exact) mass is 374 g/mol. The third-order valence-corrected chi connectivity index (χ3v) is 4.63. The van der Waals surface area contributed by atoms with Crippen LogP contribution in [0.5, 0.6) is 0 Å². The van der Waals surface area contributed by atoms with Crippen molar-refractivity contribution in [2.24, 2.45) is 5.92 Å². The summed E-state index contributed by atoms with van der Waals surface area (Å²) in [6.07, 6.45) is 2.26. The summed E-state index contributed by atoms with van der Waals surface area (Å²) in [4.78, 5) is 29.1. The van der Waals surface area contributed by atoms with Crippen LogP contribution in [0, 0.1) is 5.92 Å². The summed E-state index contributed by atoms with van der Waals surface area (Å²) in [6, 6.07) is 8.56. The van der Waals surface area contributed by atoms with E-state index in [0.717, 1.165) is 18.5 Å². The maximum Gasteiger partial charge on any atom is 0.321 e. The van der Waals surface area contributed by atoms with E-state index >= 15 is 0 Å². The van der Waals surface area contributed by atoms with Crippen molar-refractivity contribution >= 4 is 17.6 Å². The van der Waals surface area contributed by atoms with Crippen LogP contribution in [0.25, 0.3) is 0 Å². The first kappa shape index (κ1) is 20.8. The number of nitrogens with zero attached hydrogens (tertiary/aromatic N) is 2. The second-order valence-corrected chi connectivity index (χ2v) is 7.31. The number of carbonyl (C=O) groups excluding carboxylic acids is 2. The van der Waals surface area contributed by atoms with E-state index in [1.165, 1.54) is 0 Å². The molecule has 1 atom stereocenters. The zero-order chi connectivity index (χ0) is 19.8. The number of para-hydroxylation sites is 1. The zero-order valence-electron chi connectivity index (χ0n) is 16.1. The summed E-state index contributed by atoms with van der Waals surface area (Å²) in [6.45, 7) is 9.18. The van der Waals surface area contributed by atoms with Crippen molar-refractivity contribution in [3.63, 3.8) is 0 Å². The van der Waals surface area contributed by atoms with Crippen molar-refractivity contribution in [2.75, 3.05) is 25.0 Å². The molecule has 0 saturated carbocycles. The molecule has 1 fully saturated rings. The molecule has 1 aliphatic rings. The number of hydrogen-bond donors (Lipinski definition) is 3. The Morgan fingerprint density at radius 2 is 2.04 bits per heavy atom. The first-order chi connectivity index (χ1) is 12.9. The molecular weight excluding hydrogens is 344 g/mol. The lowest BCUT2D eigenvalue weighted by Crippen LogP contribution is -2.50. The molecule has 0 bridgehead atoms. The number of hydroxylamine groups is 1. The molecule has 0 aromatic heterocycles. The molecule has 3 amide bonds. The molecule has 1 heterocycles. The second-order valence-electron chi connectivity index (χ2n) is 7.31. The van der Waals surface area contributed by atoms with Gasteiger partial charge in [0, 0.05) is 24.5 Å². The molecule has 1 unspecified atom stereocenters. The van der Waals surface area contributed by atoms with Crippen molar-refractivity contribution in [3.8, 4) is 0 Å². The van der Waals surface area contributed by atoms with Crippen LogP contribution < -0.4 is 10.8 Å². The third-order valence-electron chi connectivity index (χ3n) is 4.63. The van der Waals surface area contributed by atoms with Crippen molar-refractivity contribution in [1.29, 1.82) is 0 Å². The van der Waals surface area contributed by atoms with Crippen molar-refractivity contribution in [1.82, 2.24) is 15.3 Å². The molecular formula is C20H30N4O3. The molecule has 7 nitrogen and oxygen atoms in total. The first-order valence-corrected chi connectivity index (χ1v) is 9.41. The van der Waals surface area contributed by atoms with E-state index in [9.17, 15) is 9.59 Å². The number of carbonyl (C=O) groups is 2. The number of rotatable bonds is 8. The Morgan fingerprint density at radius 1 is 1.33 bits per heavy atom. The van der Waals surface area contributed by atoms with E-state index in [1.807, 2.05) is 35.8 Å². The minimum atomic E-state index is -0.491. The van der Waals surface area contributed by atoms with E-state index in [-0.39, 0.29) is 18.5 Å². The third kappa shape index (κ3) is 5.99. The maximum absolute atomic E-state index is 13.1. The quantitative estimate of drug-likeness (QED) is 0.611. The number of anilines is 1. The Balaban J connectivity index is 2.07. The predicted molar refractivity (Wildman–Crippen MR) is 105 cm³/mol. The standard InChI is InChI=1S/C20H30N4O3/c1-15(2)11-13-23(14-16(3)22-27)20(26)24-12-7-10-18(24)19(25)21-17-8-5-4-6-9-17/h4-6,8-9,15,18,22,27H,3,7,10-14H2,1-2H3,(H,21,25). The van der Waals surface area contributed by atoms with Crippen LogP contribution in [0.4, 0.5) is 10.5 Å². The van der Waals surface area contributed by atoms with Gasteiger partial charge in [-0.25, -0.2) is 4.79 Å². The van der Waals surface area contributed by atoms with Crippen LogP contribution in [-0.2, 0) is 4.79 Å². The van der Waals surface area contributed by atoms with E-state index in [4.69, 9.17) is 5.21 Å². The van der Waals surface area contributed by atoms with Gasteiger partial charge in [0.25, 0.3) is 0 Å². The molecule has 2 rings (SSSR count). The summed E-state index contributed by atoms with van der Waals surface area (Å²) in [5.41, 5.74) is 3.07. The van der Waals surface area contributed by atoms with Gasteiger partial charge in [0.05, 0.1) is 6.54 Å². The molecule has 1 saturated heterocycles. The molecule has 7 heteroatoms. The summed E-state index contributed by atoms with van der Waals surface area (Å²) < 4.78 is 0. The molecule has 1 aliphatic heterocycles. The van der Waals surface area contributed by atoms with Gasteiger partial charge >= 0.3 is 6.03 Å². The fourth-order valence-corrected chi connectivity index (χ4v) is 3.12. The van der Waals surface area contributed by atoms with Gasteiger partial charge in [0.15, 0.2) is 0 Å². The Labute approximate surface area is 161 Å². The number of amides is 3. The second kappa shape index (κ2) is 9.97. The van der Waals surface area contributed by atoms with Crippen molar-refractivity contribution in [3.05, 3.63) is 42.6 Å². The lowest BCUT2D eigenvalue weighted by Gasteiger charge is -2.32. The molecule has 1 aromatic carbocycles. The first-order valence-electron chi connectivity index (χ1n) is 9.41. The SMILES string of the molecule is C=C(CN(CCC(C)C)C(=O)N1CCCC1C(=O)Nc1ccccc1)NO. The van der Waals surface area contributed by atoms with Crippen LogP contribution in [-0.4, -0.2) is 52.6 Å². The predicted octanol–water partition coefficient (Wildman–Crippen LogP) is 3.05. The highest BCUT2D eigenvalue weighted by atomic mass is 16.5. The smallest absolute Gasteiger partial charge is 0.321 e. The fraction of sp³-hybridized carbons (Fsp3) is 0.500. The highest BCUT2D eigenvalue weighted by molar-refractivity contribution is 5.97. The number of likely N-dealkylation sites (tertiary alicyclic amines) is 1. The molecule has 0 spiro atoms. The fourth-order valence-electron chi connectivity index (χ4n) is 3.12. The highest BCUT2D eigenvalue weighted by Crippen LogP contribution is 2.21. The van der Waals surface area contributed by atoms with Crippen molar-refractivity contribution in [2.45, 2.75) is 39.2 Å². The summed E-state index contributed by atoms with van der Waals surface area (Å²) in [5.74, 6) is 0.265. The summed E-state index contributed by atoms with van der Waals surface area (Å²) in [5, 5.41) is 11.9. The van der Waals surface area contributed by atoms with Crippen LogP contribution in [0.3, 0.4) is 0 Å². The van der Waals surface area contributed by atoms with Gasteiger partial charge in [-0.1, -0.05) is 38.6 Å². The molecule has 3 N–H and O–H groups in total. The van der Waals surface area contributed by atoms with Gasteiger partial charge in [-0.3, -0.25) is 15.5 Å². The Bertz CT molecular complexity index is 648. The molecule has 148 valence electrons. The number of urea groups is 1. The average molecular weight is 374 g/mol. The van der Waals surface area contributed by atoms with Crippen molar-refractivity contribution < 1.29 is 14.8 Å². The Morgan fingerprint density at radius 3 is 2.67 bits per heavy atom. The van der Waals surface area contributed by atoms with E-state index in [0.29, 0.717) is 31.1 Å². The highest BCUT2D eigenvalue weighted by Gasteiger charge is 2.36. The summed E-state index contributed by atoms with van der Waals surface area (Å²) >= 11 is 0. The average Bonchev–Trinajstić information content (AvgIpc) is 3.15. The van der Waals surface area contributed by atoms with E-state index in [2.05, 4.69) is 25.7 Å². The minimum absolute atomic E-state index is 0.171. The van der Waals surface area contributed by atoms with Gasteiger partial charge < -0.3 is 15.1 Å². The van der Waals surface area contributed by atoms with Crippen LogP contribution in [0.2, 0.25) is 0 Å². The minimum Gasteiger partial charge on any atom is -0.324 e. The van der Waals surface area contributed by atoms with Crippen LogP contribution >= 0.6 is 0 Å². The molecule has 1 aromatic rings. The van der Waals surface area contributed by atoms with Gasteiger partial charge in [0.1, 0.15) is 6.04 Å². The molecule has 0 radical (unpaired) electrons. The van der Waals surface area contributed by atoms with Gasteiger partial charge in [-0.05, 0) is 37.3 Å². The van der Waals surface area contributed by atoms with E-state index in [1.54, 1.807) is 9.80 Å². The lowest BCUT2D eigenvalue weighted by atomic mass is 10.1. The largest absolute Gasteiger partial charge is 0.324 e. The number of nitrogens with one attached hydrogen (secondary N) is 2. The van der Waals surface area contributed by atoms with E-state index < -0.39 is 6.04 Å². The number of benzene rings is 1. The molecule has 27 heavy (non-hydrogen) atoms. The van der Waals surface area contributed by atoms with Crippen LogP contribution in [0.15, 0.2) is 42.6 Å². The Hall–Kier alpha value is -2.54. The van der Waals surface area contributed by atoms with Gasteiger partial charge in [0.2, 0.25) is 5.91 Å². The topological polar surface area (TPSA) is 84.9 Å². The normalized spacial score (nSPS) is 16.3. The Kier molecular flexibility index (Phi) is 7.67.